The summed E-state index contributed by atoms with van der Waals surface area (Å²) in [6.07, 6.45) is -0.307. The molecule has 1 atom stereocenters. The van der Waals surface area contributed by atoms with Gasteiger partial charge in [-0.2, -0.15) is 0 Å². The van der Waals surface area contributed by atoms with E-state index in [4.69, 9.17) is 9.47 Å². The summed E-state index contributed by atoms with van der Waals surface area (Å²) in [5, 5.41) is 2.75. The summed E-state index contributed by atoms with van der Waals surface area (Å²) < 4.78 is 38.7. The van der Waals surface area contributed by atoms with E-state index in [1.807, 2.05) is 39.0 Å². The van der Waals surface area contributed by atoms with Gasteiger partial charge in [0.15, 0.2) is 6.10 Å². The zero-order valence-electron chi connectivity index (χ0n) is 18.3. The molecule has 0 bridgehead atoms. The van der Waals surface area contributed by atoms with E-state index in [2.05, 4.69) is 10.0 Å². The van der Waals surface area contributed by atoms with Gasteiger partial charge in [-0.25, -0.2) is 13.1 Å². The molecule has 2 aromatic carbocycles. The van der Waals surface area contributed by atoms with Crippen molar-refractivity contribution < 1.29 is 22.7 Å². The highest BCUT2D eigenvalue weighted by Gasteiger charge is 2.23. The van der Waals surface area contributed by atoms with Crippen molar-refractivity contribution in [3.8, 4) is 11.5 Å². The first kappa shape index (κ1) is 23.7. The van der Waals surface area contributed by atoms with Crippen LogP contribution in [0, 0.1) is 13.8 Å². The number of benzene rings is 2. The van der Waals surface area contributed by atoms with Crippen molar-refractivity contribution in [3.05, 3.63) is 47.5 Å². The summed E-state index contributed by atoms with van der Waals surface area (Å²) in [5.74, 6) is 0.609. The van der Waals surface area contributed by atoms with Crippen LogP contribution in [-0.4, -0.2) is 33.6 Å². The van der Waals surface area contributed by atoms with Crippen LogP contribution in [0.1, 0.15) is 38.3 Å². The topological polar surface area (TPSA) is 93.7 Å². The summed E-state index contributed by atoms with van der Waals surface area (Å²) in [6, 6.07) is 9.87. The number of hydrogen-bond donors (Lipinski definition) is 2. The minimum absolute atomic E-state index is 0.0378. The molecular formula is C22H30N2O5S. The molecule has 8 heteroatoms. The molecule has 0 aliphatic carbocycles. The SMILES string of the molecule is CCC(Oc1cc(C)ccc1C)C(=O)Nc1cc(S(=O)(=O)NC(C)C)ccc1OC. The minimum Gasteiger partial charge on any atom is -0.495 e. The number of aryl methyl sites for hydroxylation is 2. The molecule has 0 fully saturated rings. The van der Waals surface area contributed by atoms with Crippen molar-refractivity contribution in [1.29, 1.82) is 0 Å². The number of amides is 1. The molecule has 2 aromatic rings. The fraction of sp³-hybridized carbons (Fsp3) is 0.409. The molecule has 7 nitrogen and oxygen atoms in total. The molecule has 1 amide bonds. The van der Waals surface area contributed by atoms with Gasteiger partial charge in [-0.05, 0) is 69.5 Å². The van der Waals surface area contributed by atoms with Gasteiger partial charge in [-0.15, -0.1) is 0 Å². The first-order valence-corrected chi connectivity index (χ1v) is 11.3. The number of anilines is 1. The molecule has 1 unspecified atom stereocenters. The fourth-order valence-corrected chi connectivity index (χ4v) is 4.13. The van der Waals surface area contributed by atoms with E-state index in [9.17, 15) is 13.2 Å². The van der Waals surface area contributed by atoms with Crippen LogP contribution in [0.5, 0.6) is 11.5 Å². The van der Waals surface area contributed by atoms with Crippen LogP contribution in [0.2, 0.25) is 0 Å². The Bertz CT molecular complexity index is 1000. The van der Waals surface area contributed by atoms with Crippen molar-refractivity contribution in [2.24, 2.45) is 0 Å². The van der Waals surface area contributed by atoms with Gasteiger partial charge in [0.2, 0.25) is 10.0 Å². The Labute approximate surface area is 178 Å². The number of carbonyl (C=O) groups is 1. The lowest BCUT2D eigenvalue weighted by Gasteiger charge is -2.20. The maximum Gasteiger partial charge on any atom is 0.265 e. The van der Waals surface area contributed by atoms with Crippen molar-refractivity contribution in [3.63, 3.8) is 0 Å². The van der Waals surface area contributed by atoms with Crippen LogP contribution in [0.4, 0.5) is 5.69 Å². The highest BCUT2D eigenvalue weighted by molar-refractivity contribution is 7.89. The molecule has 0 saturated heterocycles. The molecule has 0 aliphatic rings. The smallest absolute Gasteiger partial charge is 0.265 e. The zero-order chi connectivity index (χ0) is 22.5. The van der Waals surface area contributed by atoms with Crippen molar-refractivity contribution in [2.45, 2.75) is 58.1 Å². The molecule has 0 radical (unpaired) electrons. The van der Waals surface area contributed by atoms with Crippen LogP contribution in [-0.2, 0) is 14.8 Å². The molecule has 2 N–H and O–H groups in total. The fourth-order valence-electron chi connectivity index (χ4n) is 2.85. The molecule has 0 saturated carbocycles. The van der Waals surface area contributed by atoms with E-state index in [0.29, 0.717) is 17.9 Å². The quantitative estimate of drug-likeness (QED) is 0.626. The molecule has 0 heterocycles. The Morgan fingerprint density at radius 1 is 1.07 bits per heavy atom. The molecule has 0 aromatic heterocycles. The lowest BCUT2D eigenvalue weighted by atomic mass is 10.1. The van der Waals surface area contributed by atoms with E-state index in [1.165, 1.54) is 25.3 Å². The third-order valence-corrected chi connectivity index (χ3v) is 6.06. The minimum atomic E-state index is -3.72. The predicted molar refractivity (Wildman–Crippen MR) is 118 cm³/mol. The molecule has 2 rings (SSSR count). The average molecular weight is 435 g/mol. The van der Waals surface area contributed by atoms with Crippen LogP contribution >= 0.6 is 0 Å². The van der Waals surface area contributed by atoms with Crippen LogP contribution in [0.15, 0.2) is 41.3 Å². The first-order chi connectivity index (χ1) is 14.1. The molecule has 0 aliphatic heterocycles. The maximum absolute atomic E-state index is 12.9. The van der Waals surface area contributed by atoms with E-state index in [1.54, 1.807) is 13.8 Å². The van der Waals surface area contributed by atoms with Gasteiger partial charge < -0.3 is 14.8 Å². The number of carbonyl (C=O) groups excluding carboxylic acids is 1. The summed E-state index contributed by atoms with van der Waals surface area (Å²) in [6.45, 7) is 9.19. The van der Waals surface area contributed by atoms with Crippen LogP contribution in [0.3, 0.4) is 0 Å². The number of rotatable bonds is 9. The maximum atomic E-state index is 12.9. The number of sulfonamides is 1. The number of nitrogens with one attached hydrogen (secondary N) is 2. The monoisotopic (exact) mass is 434 g/mol. The highest BCUT2D eigenvalue weighted by Crippen LogP contribution is 2.28. The predicted octanol–water partition coefficient (Wildman–Crippen LogP) is 3.79. The second-order valence-corrected chi connectivity index (χ2v) is 9.13. The van der Waals surface area contributed by atoms with E-state index in [-0.39, 0.29) is 22.5 Å². The number of hydrogen-bond acceptors (Lipinski definition) is 5. The standard InChI is InChI=1S/C22H30N2O5S/c1-7-19(29-21-12-15(4)8-9-16(21)5)22(25)23-18-13-17(10-11-20(18)28-6)30(26,27)24-14(2)3/h8-14,19,24H,7H2,1-6H3,(H,23,25). The third-order valence-electron chi connectivity index (χ3n) is 4.41. The average Bonchev–Trinajstić information content (AvgIpc) is 2.67. The van der Waals surface area contributed by atoms with Gasteiger partial charge in [0.25, 0.3) is 5.91 Å². The summed E-state index contributed by atoms with van der Waals surface area (Å²) in [7, 11) is -2.26. The van der Waals surface area contributed by atoms with Crippen molar-refractivity contribution >= 4 is 21.6 Å². The van der Waals surface area contributed by atoms with Gasteiger partial charge in [-0.1, -0.05) is 19.1 Å². The molecule has 164 valence electrons. The Balaban J connectivity index is 2.29. The van der Waals surface area contributed by atoms with E-state index >= 15 is 0 Å². The van der Waals surface area contributed by atoms with Gasteiger partial charge in [0.05, 0.1) is 17.7 Å². The Morgan fingerprint density at radius 2 is 1.77 bits per heavy atom. The summed E-state index contributed by atoms with van der Waals surface area (Å²) in [5.41, 5.74) is 2.22. The molecular weight excluding hydrogens is 404 g/mol. The first-order valence-electron chi connectivity index (χ1n) is 9.82. The van der Waals surface area contributed by atoms with Gasteiger partial charge in [0, 0.05) is 6.04 Å². The van der Waals surface area contributed by atoms with Crippen LogP contribution < -0.4 is 19.5 Å². The zero-order valence-corrected chi connectivity index (χ0v) is 19.1. The summed E-state index contributed by atoms with van der Waals surface area (Å²) >= 11 is 0. The normalized spacial score (nSPS) is 12.5. The van der Waals surface area contributed by atoms with Gasteiger partial charge >= 0.3 is 0 Å². The van der Waals surface area contributed by atoms with Crippen LogP contribution in [0.25, 0.3) is 0 Å². The lowest BCUT2D eigenvalue weighted by molar-refractivity contribution is -0.122. The highest BCUT2D eigenvalue weighted by atomic mass is 32.2. The lowest BCUT2D eigenvalue weighted by Crippen LogP contribution is -2.33. The second-order valence-electron chi connectivity index (χ2n) is 7.41. The summed E-state index contributed by atoms with van der Waals surface area (Å²) in [4.78, 5) is 12.9. The van der Waals surface area contributed by atoms with E-state index < -0.39 is 16.1 Å². The Morgan fingerprint density at radius 3 is 2.37 bits per heavy atom. The Hall–Kier alpha value is -2.58. The van der Waals surface area contributed by atoms with Crippen molar-refractivity contribution in [2.75, 3.05) is 12.4 Å². The molecule has 30 heavy (non-hydrogen) atoms. The van der Waals surface area contributed by atoms with Crippen molar-refractivity contribution in [1.82, 2.24) is 4.72 Å². The second kappa shape index (κ2) is 9.95. The van der Waals surface area contributed by atoms with E-state index in [0.717, 1.165) is 11.1 Å². The number of methoxy groups -OCH3 is 1. The Kier molecular flexibility index (Phi) is 7.86. The number of ether oxygens (including phenoxy) is 2. The van der Waals surface area contributed by atoms with Gasteiger partial charge in [-0.3, -0.25) is 4.79 Å². The molecule has 0 spiro atoms. The third kappa shape index (κ3) is 5.96. The van der Waals surface area contributed by atoms with Gasteiger partial charge in [0.1, 0.15) is 11.5 Å². The largest absolute Gasteiger partial charge is 0.495 e.